The topological polar surface area (TPSA) is 12.0 Å². The normalized spacial score (nSPS) is 10.0. The maximum atomic E-state index is 3.63. The van der Waals surface area contributed by atoms with Gasteiger partial charge in [0.1, 0.15) is 0 Å². The molecule has 0 atom stereocenters. The van der Waals surface area contributed by atoms with Crippen molar-refractivity contribution in [1.82, 2.24) is 5.32 Å². The van der Waals surface area contributed by atoms with Gasteiger partial charge in [0.2, 0.25) is 0 Å². The predicted molar refractivity (Wildman–Crippen MR) is 65.3 cm³/mol. The first-order valence-electron chi connectivity index (χ1n) is 4.86. The molecule has 0 unspecified atom stereocenters. The Bertz CT molecular complexity index is 244. The molecule has 0 heterocycles. The molecule has 0 aliphatic carbocycles. The quantitative estimate of drug-likeness (QED) is 0.718. The molecule has 14 heavy (non-hydrogen) atoms. The molecule has 1 nitrogen and oxygen atoms in total. The van der Waals surface area contributed by atoms with Crippen LogP contribution in [0.25, 0.3) is 6.08 Å². The van der Waals surface area contributed by atoms with Gasteiger partial charge in [-0.25, -0.2) is 0 Å². The molecule has 1 aromatic carbocycles. The van der Waals surface area contributed by atoms with Crippen LogP contribution in [0.5, 0.6) is 0 Å². The average molecular weight is 191 g/mol. The van der Waals surface area contributed by atoms with Crippen LogP contribution in [0.4, 0.5) is 0 Å². The molecule has 0 aliphatic heterocycles. The van der Waals surface area contributed by atoms with Gasteiger partial charge in [-0.15, -0.1) is 0 Å². The fraction of sp³-hybridized carbons (Fsp3) is 0.385. The van der Waals surface area contributed by atoms with Crippen molar-refractivity contribution in [1.29, 1.82) is 0 Å². The summed E-state index contributed by atoms with van der Waals surface area (Å²) in [4.78, 5) is 0. The van der Waals surface area contributed by atoms with E-state index in [0.29, 0.717) is 5.54 Å². The summed E-state index contributed by atoms with van der Waals surface area (Å²) >= 11 is 0. The molecule has 0 spiro atoms. The lowest BCUT2D eigenvalue weighted by molar-refractivity contribution is 0.469. The molecule has 0 amide bonds. The summed E-state index contributed by atoms with van der Waals surface area (Å²) in [6.45, 7) is 10.0. The summed E-state index contributed by atoms with van der Waals surface area (Å²) in [7, 11) is 1.96. The van der Waals surface area contributed by atoms with Crippen molar-refractivity contribution in [3.8, 4) is 0 Å². The number of rotatable bonds is 1. The van der Waals surface area contributed by atoms with Crippen molar-refractivity contribution in [3.05, 3.63) is 42.5 Å². The number of nitrogens with one attached hydrogen (secondary N) is 1. The van der Waals surface area contributed by atoms with Crippen LogP contribution in [-0.2, 0) is 0 Å². The van der Waals surface area contributed by atoms with Crippen molar-refractivity contribution >= 4 is 6.08 Å². The van der Waals surface area contributed by atoms with Crippen LogP contribution in [0.3, 0.4) is 0 Å². The van der Waals surface area contributed by atoms with E-state index in [4.69, 9.17) is 0 Å². The summed E-state index contributed by atoms with van der Waals surface area (Å²) in [5.74, 6) is 0. The van der Waals surface area contributed by atoms with Crippen molar-refractivity contribution < 1.29 is 0 Å². The summed E-state index contributed by atoms with van der Waals surface area (Å²) in [6, 6.07) is 10.0. The van der Waals surface area contributed by atoms with Gasteiger partial charge in [0, 0.05) is 5.54 Å². The molecule has 1 rings (SSSR count). The van der Waals surface area contributed by atoms with E-state index in [1.165, 1.54) is 5.56 Å². The highest BCUT2D eigenvalue weighted by molar-refractivity contribution is 5.45. The largest absolute Gasteiger partial charge is 0.315 e. The Labute approximate surface area is 87.9 Å². The Hall–Kier alpha value is -1.08. The highest BCUT2D eigenvalue weighted by Crippen LogP contribution is 1.97. The molecule has 1 heteroatoms. The minimum atomic E-state index is 0.292. The van der Waals surface area contributed by atoms with E-state index in [9.17, 15) is 0 Å². The van der Waals surface area contributed by atoms with Crippen LogP contribution in [-0.4, -0.2) is 12.6 Å². The predicted octanol–water partition coefficient (Wildman–Crippen LogP) is 3.33. The van der Waals surface area contributed by atoms with Gasteiger partial charge in [-0.1, -0.05) is 43.0 Å². The zero-order valence-corrected chi connectivity index (χ0v) is 9.67. The second-order valence-electron chi connectivity index (χ2n) is 4.11. The lowest BCUT2D eigenvalue weighted by atomic mass is 10.1. The second kappa shape index (κ2) is 6.39. The Morgan fingerprint density at radius 3 is 1.79 bits per heavy atom. The van der Waals surface area contributed by atoms with E-state index in [1.54, 1.807) is 0 Å². The Balaban J connectivity index is 0.000000255. The van der Waals surface area contributed by atoms with Gasteiger partial charge in [-0.05, 0) is 33.4 Å². The van der Waals surface area contributed by atoms with Gasteiger partial charge in [-0.2, -0.15) is 0 Å². The van der Waals surface area contributed by atoms with E-state index in [2.05, 4.69) is 32.7 Å². The molecule has 1 aromatic rings. The fourth-order valence-corrected chi connectivity index (χ4v) is 0.589. The molecule has 78 valence electrons. The van der Waals surface area contributed by atoms with Crippen molar-refractivity contribution in [2.75, 3.05) is 7.05 Å². The van der Waals surface area contributed by atoms with E-state index in [0.717, 1.165) is 0 Å². The highest BCUT2D eigenvalue weighted by Gasteiger charge is 2.01. The molecule has 0 saturated heterocycles. The third-order valence-corrected chi connectivity index (χ3v) is 1.79. The van der Waals surface area contributed by atoms with Crippen molar-refractivity contribution in [3.63, 3.8) is 0 Å². The van der Waals surface area contributed by atoms with Crippen LogP contribution < -0.4 is 5.32 Å². The Kier molecular flexibility index (Phi) is 5.89. The first kappa shape index (κ1) is 12.9. The monoisotopic (exact) mass is 191 g/mol. The standard InChI is InChI=1S/C8H8.C5H13N/c1-2-8-6-4-3-5-7-8;1-5(2,3)6-4/h2-7H,1H2;6H,1-4H3. The van der Waals surface area contributed by atoms with Gasteiger partial charge < -0.3 is 5.32 Å². The Morgan fingerprint density at radius 1 is 1.14 bits per heavy atom. The molecule has 0 fully saturated rings. The maximum absolute atomic E-state index is 3.63. The van der Waals surface area contributed by atoms with Gasteiger partial charge in [-0.3, -0.25) is 0 Å². The summed E-state index contributed by atoms with van der Waals surface area (Å²) in [6.07, 6.45) is 1.83. The van der Waals surface area contributed by atoms with Crippen molar-refractivity contribution in [2.24, 2.45) is 0 Å². The van der Waals surface area contributed by atoms with Crippen LogP contribution in [0.2, 0.25) is 0 Å². The van der Waals surface area contributed by atoms with Crippen molar-refractivity contribution in [2.45, 2.75) is 26.3 Å². The zero-order valence-electron chi connectivity index (χ0n) is 9.67. The molecular formula is C13H21N. The molecular weight excluding hydrogens is 170 g/mol. The molecule has 0 radical (unpaired) electrons. The minimum Gasteiger partial charge on any atom is -0.315 e. The summed E-state index contributed by atoms with van der Waals surface area (Å²) < 4.78 is 0. The molecule has 0 saturated carbocycles. The lowest BCUT2D eigenvalue weighted by Gasteiger charge is -2.15. The van der Waals surface area contributed by atoms with E-state index in [-0.39, 0.29) is 0 Å². The van der Waals surface area contributed by atoms with Gasteiger partial charge in [0.15, 0.2) is 0 Å². The second-order valence-corrected chi connectivity index (χ2v) is 4.11. The lowest BCUT2D eigenvalue weighted by Crippen LogP contribution is -2.31. The van der Waals surface area contributed by atoms with Crippen LogP contribution in [0, 0.1) is 0 Å². The molecule has 0 aliphatic rings. The van der Waals surface area contributed by atoms with Crippen LogP contribution in [0.1, 0.15) is 26.3 Å². The summed E-state index contributed by atoms with van der Waals surface area (Å²) in [5, 5.41) is 3.10. The molecule has 0 aromatic heterocycles. The summed E-state index contributed by atoms with van der Waals surface area (Å²) in [5.41, 5.74) is 1.47. The van der Waals surface area contributed by atoms with E-state index >= 15 is 0 Å². The minimum absolute atomic E-state index is 0.292. The van der Waals surface area contributed by atoms with E-state index < -0.39 is 0 Å². The van der Waals surface area contributed by atoms with Crippen LogP contribution >= 0.6 is 0 Å². The fourth-order valence-electron chi connectivity index (χ4n) is 0.589. The Morgan fingerprint density at radius 2 is 1.57 bits per heavy atom. The third kappa shape index (κ3) is 7.56. The maximum Gasteiger partial charge on any atom is 0.00935 e. The first-order chi connectivity index (χ1) is 6.49. The molecule has 0 bridgehead atoms. The zero-order chi connectivity index (χ0) is 11.0. The number of hydrogen-bond acceptors (Lipinski definition) is 1. The van der Waals surface area contributed by atoms with Gasteiger partial charge in [0.25, 0.3) is 0 Å². The van der Waals surface area contributed by atoms with Gasteiger partial charge >= 0.3 is 0 Å². The third-order valence-electron chi connectivity index (χ3n) is 1.79. The first-order valence-corrected chi connectivity index (χ1v) is 4.86. The smallest absolute Gasteiger partial charge is 0.00935 e. The number of benzene rings is 1. The van der Waals surface area contributed by atoms with Crippen LogP contribution in [0.15, 0.2) is 36.9 Å². The highest BCUT2D eigenvalue weighted by atomic mass is 14.9. The molecule has 1 N–H and O–H groups in total. The van der Waals surface area contributed by atoms with Gasteiger partial charge in [0.05, 0.1) is 0 Å². The SMILES string of the molecule is C=Cc1ccccc1.CNC(C)(C)C. The van der Waals surface area contributed by atoms with E-state index in [1.807, 2.05) is 43.5 Å². The number of hydrogen-bond donors (Lipinski definition) is 1. The average Bonchev–Trinajstić information content (AvgIpc) is 2.19.